The highest BCUT2D eigenvalue weighted by Gasteiger charge is 2.21. The third kappa shape index (κ3) is 5.04. The first-order valence-corrected chi connectivity index (χ1v) is 8.35. The van der Waals surface area contributed by atoms with Crippen molar-refractivity contribution >= 4 is 17.5 Å². The normalized spacial score (nSPS) is 11.5. The summed E-state index contributed by atoms with van der Waals surface area (Å²) >= 11 is 0. The van der Waals surface area contributed by atoms with Gasteiger partial charge in [0, 0.05) is 24.5 Å². The van der Waals surface area contributed by atoms with Crippen LogP contribution in [-0.4, -0.2) is 27.4 Å². The van der Waals surface area contributed by atoms with Gasteiger partial charge in [0.2, 0.25) is 11.8 Å². The highest BCUT2D eigenvalue weighted by Crippen LogP contribution is 2.09. The van der Waals surface area contributed by atoms with Gasteiger partial charge in [-0.25, -0.2) is 4.98 Å². The maximum atomic E-state index is 12.7. The SMILES string of the molecule is O=C(Cn1ccnc1)N[C@H](Cc1ccccc1)C(=O)Nc1ccccc1. The first kappa shape index (κ1) is 17.4. The fourth-order valence-corrected chi connectivity index (χ4v) is 2.60. The number of hydrogen-bond acceptors (Lipinski definition) is 3. The van der Waals surface area contributed by atoms with E-state index in [1.54, 1.807) is 23.3 Å². The minimum atomic E-state index is -0.673. The molecule has 0 aliphatic heterocycles. The fraction of sp³-hybridized carbons (Fsp3) is 0.150. The number of hydrogen-bond donors (Lipinski definition) is 2. The van der Waals surface area contributed by atoms with Crippen molar-refractivity contribution in [2.45, 2.75) is 19.0 Å². The average Bonchev–Trinajstić information content (AvgIpc) is 3.16. The molecule has 2 N–H and O–H groups in total. The van der Waals surface area contributed by atoms with E-state index in [-0.39, 0.29) is 18.4 Å². The summed E-state index contributed by atoms with van der Waals surface area (Å²) in [6, 6.07) is 18.1. The summed E-state index contributed by atoms with van der Waals surface area (Å²) in [5.41, 5.74) is 1.67. The van der Waals surface area contributed by atoms with Gasteiger partial charge >= 0.3 is 0 Å². The Hall–Kier alpha value is -3.41. The summed E-state index contributed by atoms with van der Waals surface area (Å²) < 4.78 is 1.66. The van der Waals surface area contributed by atoms with Crippen LogP contribution in [0.2, 0.25) is 0 Å². The molecule has 132 valence electrons. The number of imidazole rings is 1. The number of nitrogens with one attached hydrogen (secondary N) is 2. The lowest BCUT2D eigenvalue weighted by Gasteiger charge is -2.19. The lowest BCUT2D eigenvalue weighted by molar-refractivity contribution is -0.126. The fourth-order valence-electron chi connectivity index (χ4n) is 2.60. The lowest BCUT2D eigenvalue weighted by Crippen LogP contribution is -2.46. The molecule has 1 atom stereocenters. The van der Waals surface area contributed by atoms with E-state index in [4.69, 9.17) is 0 Å². The number of benzene rings is 2. The van der Waals surface area contributed by atoms with E-state index in [9.17, 15) is 9.59 Å². The third-order valence-electron chi connectivity index (χ3n) is 3.86. The number of carbonyl (C=O) groups excluding carboxylic acids is 2. The van der Waals surface area contributed by atoms with E-state index in [0.717, 1.165) is 5.56 Å². The Bertz CT molecular complexity index is 833. The maximum Gasteiger partial charge on any atom is 0.247 e. The second kappa shape index (κ2) is 8.62. The molecule has 2 aromatic carbocycles. The molecule has 0 unspecified atom stereocenters. The number of para-hydroxylation sites is 1. The topological polar surface area (TPSA) is 76.0 Å². The Morgan fingerprint density at radius 2 is 1.69 bits per heavy atom. The van der Waals surface area contributed by atoms with Crippen molar-refractivity contribution in [3.8, 4) is 0 Å². The summed E-state index contributed by atoms with van der Waals surface area (Å²) in [5.74, 6) is -0.494. The summed E-state index contributed by atoms with van der Waals surface area (Å²) in [4.78, 5) is 29.0. The highest BCUT2D eigenvalue weighted by molar-refractivity contribution is 5.97. The van der Waals surface area contributed by atoms with Crippen molar-refractivity contribution < 1.29 is 9.59 Å². The van der Waals surface area contributed by atoms with Gasteiger partial charge in [-0.05, 0) is 17.7 Å². The molecule has 0 spiro atoms. The molecule has 0 fully saturated rings. The molecule has 6 heteroatoms. The average molecular weight is 348 g/mol. The summed E-state index contributed by atoms with van der Waals surface area (Å²) in [5, 5.41) is 5.68. The Labute approximate surface area is 151 Å². The summed E-state index contributed by atoms with van der Waals surface area (Å²) in [6.45, 7) is 0.115. The largest absolute Gasteiger partial charge is 0.342 e. The van der Waals surface area contributed by atoms with Gasteiger partial charge < -0.3 is 15.2 Å². The van der Waals surface area contributed by atoms with Crippen molar-refractivity contribution in [2.75, 3.05) is 5.32 Å². The van der Waals surface area contributed by atoms with Crippen LogP contribution in [0, 0.1) is 0 Å². The molecule has 3 rings (SSSR count). The molecule has 1 aromatic heterocycles. The first-order valence-electron chi connectivity index (χ1n) is 8.35. The van der Waals surface area contributed by atoms with Crippen molar-refractivity contribution in [1.82, 2.24) is 14.9 Å². The Balaban J connectivity index is 1.70. The molecule has 1 heterocycles. The molecule has 6 nitrogen and oxygen atoms in total. The van der Waals surface area contributed by atoms with Crippen LogP contribution >= 0.6 is 0 Å². The van der Waals surface area contributed by atoms with E-state index in [1.807, 2.05) is 60.7 Å². The smallest absolute Gasteiger partial charge is 0.247 e. The zero-order chi connectivity index (χ0) is 18.2. The highest BCUT2D eigenvalue weighted by atomic mass is 16.2. The monoisotopic (exact) mass is 348 g/mol. The molecular weight excluding hydrogens is 328 g/mol. The van der Waals surface area contributed by atoms with Gasteiger partial charge in [-0.1, -0.05) is 48.5 Å². The van der Waals surface area contributed by atoms with Crippen LogP contribution in [0.3, 0.4) is 0 Å². The van der Waals surface area contributed by atoms with Crippen LogP contribution in [0.4, 0.5) is 5.69 Å². The molecular formula is C20H20N4O2. The zero-order valence-electron chi connectivity index (χ0n) is 14.2. The van der Waals surface area contributed by atoms with Crippen LogP contribution in [-0.2, 0) is 22.6 Å². The van der Waals surface area contributed by atoms with Crippen LogP contribution in [0.25, 0.3) is 0 Å². The second-order valence-corrected chi connectivity index (χ2v) is 5.90. The molecule has 3 aromatic rings. The lowest BCUT2D eigenvalue weighted by atomic mass is 10.0. The predicted octanol–water partition coefficient (Wildman–Crippen LogP) is 2.25. The van der Waals surface area contributed by atoms with E-state index >= 15 is 0 Å². The number of carbonyl (C=O) groups is 2. The van der Waals surface area contributed by atoms with E-state index in [0.29, 0.717) is 12.1 Å². The molecule has 0 aliphatic carbocycles. The Morgan fingerprint density at radius 3 is 2.35 bits per heavy atom. The van der Waals surface area contributed by atoms with Gasteiger partial charge in [0.15, 0.2) is 0 Å². The summed E-state index contributed by atoms with van der Waals surface area (Å²) in [6.07, 6.45) is 5.29. The van der Waals surface area contributed by atoms with Crippen molar-refractivity contribution in [2.24, 2.45) is 0 Å². The van der Waals surface area contributed by atoms with Gasteiger partial charge in [-0.3, -0.25) is 9.59 Å². The van der Waals surface area contributed by atoms with Crippen LogP contribution < -0.4 is 10.6 Å². The van der Waals surface area contributed by atoms with Gasteiger partial charge in [0.05, 0.1) is 6.33 Å². The third-order valence-corrected chi connectivity index (χ3v) is 3.86. The van der Waals surface area contributed by atoms with Crippen molar-refractivity contribution in [3.05, 3.63) is 84.9 Å². The first-order chi connectivity index (χ1) is 12.7. The number of anilines is 1. The predicted molar refractivity (Wildman–Crippen MR) is 99.4 cm³/mol. The van der Waals surface area contributed by atoms with Gasteiger partial charge in [0.25, 0.3) is 0 Å². The molecule has 0 bridgehead atoms. The van der Waals surface area contributed by atoms with Crippen molar-refractivity contribution in [3.63, 3.8) is 0 Å². The minimum absolute atomic E-state index is 0.115. The Kier molecular flexibility index (Phi) is 5.77. The molecule has 0 saturated carbocycles. The van der Waals surface area contributed by atoms with Gasteiger partial charge in [0.1, 0.15) is 12.6 Å². The quantitative estimate of drug-likeness (QED) is 0.688. The number of nitrogens with zero attached hydrogens (tertiary/aromatic N) is 2. The number of amides is 2. The molecule has 0 saturated heterocycles. The van der Waals surface area contributed by atoms with E-state index in [1.165, 1.54) is 0 Å². The van der Waals surface area contributed by atoms with Crippen molar-refractivity contribution in [1.29, 1.82) is 0 Å². The van der Waals surface area contributed by atoms with Crippen LogP contribution in [0.5, 0.6) is 0 Å². The van der Waals surface area contributed by atoms with E-state index < -0.39 is 6.04 Å². The summed E-state index contributed by atoms with van der Waals surface area (Å²) in [7, 11) is 0. The Morgan fingerprint density at radius 1 is 1.00 bits per heavy atom. The molecule has 2 amide bonds. The second-order valence-electron chi connectivity index (χ2n) is 5.90. The van der Waals surface area contributed by atoms with Gasteiger partial charge in [-0.15, -0.1) is 0 Å². The maximum absolute atomic E-state index is 12.7. The van der Waals surface area contributed by atoms with Gasteiger partial charge in [-0.2, -0.15) is 0 Å². The number of aromatic nitrogens is 2. The molecule has 0 radical (unpaired) electrons. The van der Waals surface area contributed by atoms with Crippen LogP contribution in [0.15, 0.2) is 79.4 Å². The molecule has 26 heavy (non-hydrogen) atoms. The van der Waals surface area contributed by atoms with Crippen LogP contribution in [0.1, 0.15) is 5.56 Å². The minimum Gasteiger partial charge on any atom is -0.342 e. The standard InChI is InChI=1S/C20H20N4O2/c25-19(14-24-12-11-21-15-24)23-18(13-16-7-3-1-4-8-16)20(26)22-17-9-5-2-6-10-17/h1-12,15,18H,13-14H2,(H,22,26)(H,23,25)/t18-/m1/s1. The molecule has 0 aliphatic rings. The van der Waals surface area contributed by atoms with E-state index in [2.05, 4.69) is 15.6 Å². The zero-order valence-corrected chi connectivity index (χ0v) is 14.2. The number of rotatable bonds is 7.